The second kappa shape index (κ2) is 6.72. The van der Waals surface area contributed by atoms with Crippen molar-refractivity contribution in [2.24, 2.45) is 50.7 Å². The molecule has 0 amide bonds. The number of hydrogen-bond acceptors (Lipinski definition) is 3. The lowest BCUT2D eigenvalue weighted by atomic mass is 9.41. The van der Waals surface area contributed by atoms with Gasteiger partial charge in [0.15, 0.2) is 11.6 Å². The fourth-order valence-electron chi connectivity index (χ4n) is 10.9. The summed E-state index contributed by atoms with van der Waals surface area (Å²) in [5, 5.41) is 21.7. The zero-order chi connectivity index (χ0) is 23.4. The van der Waals surface area contributed by atoms with Gasteiger partial charge in [-0.15, -0.1) is 0 Å². The average Bonchev–Trinajstić information content (AvgIpc) is 3.28. The van der Waals surface area contributed by atoms with Crippen molar-refractivity contribution in [1.82, 2.24) is 0 Å². The Balaban J connectivity index is 1.43. The topological polar surface area (TPSA) is 57.5 Å². The minimum Gasteiger partial charge on any atom is -0.365 e. The summed E-state index contributed by atoms with van der Waals surface area (Å²) in [6.07, 6.45) is 15.5. The highest BCUT2D eigenvalue weighted by atomic mass is 16.5. The van der Waals surface area contributed by atoms with E-state index in [-0.39, 0.29) is 5.78 Å². The van der Waals surface area contributed by atoms with Crippen LogP contribution in [0.1, 0.15) is 106 Å². The second-order valence-corrected chi connectivity index (χ2v) is 13.9. The smallest absolute Gasteiger partial charge is 0.167 e. The van der Waals surface area contributed by atoms with Crippen LogP contribution < -0.4 is 0 Å². The third kappa shape index (κ3) is 2.59. The number of allylic oxidation sites excluding steroid dienone is 2. The van der Waals surface area contributed by atoms with E-state index in [4.69, 9.17) is 0 Å². The molecule has 0 heterocycles. The van der Waals surface area contributed by atoms with Gasteiger partial charge >= 0.3 is 0 Å². The van der Waals surface area contributed by atoms with Crippen LogP contribution in [0.3, 0.4) is 0 Å². The van der Waals surface area contributed by atoms with Crippen LogP contribution in [-0.4, -0.2) is 21.8 Å². The highest BCUT2D eigenvalue weighted by molar-refractivity contribution is 5.87. The predicted molar refractivity (Wildman–Crippen MR) is 128 cm³/mol. The molecule has 0 aliphatic heterocycles. The van der Waals surface area contributed by atoms with E-state index in [9.17, 15) is 15.0 Å². The molecular weight excluding hydrogens is 396 g/mol. The minimum absolute atomic E-state index is 0.153. The summed E-state index contributed by atoms with van der Waals surface area (Å²) in [5.74, 6) is 1.22. The van der Waals surface area contributed by atoms with Crippen LogP contribution in [0.15, 0.2) is 12.2 Å². The Morgan fingerprint density at radius 3 is 2.22 bits per heavy atom. The standard InChI is InChI=1S/C29H46O3/c1-19(8-7-9-20(2)30)21-12-13-26(6)23-11-10-22-24(3,4)29(31,32)17-16-27(22)18-28(23,27)15-14-25(21,26)5/h7,9,19,21-23,31-32H,8,10-18H2,1-6H3/b9-7+/t19-,21-,22+,23+,25-,26+,27?,28?/m1/s1. The van der Waals surface area contributed by atoms with Crippen LogP contribution in [0, 0.1) is 50.7 Å². The monoisotopic (exact) mass is 442 g/mol. The van der Waals surface area contributed by atoms with Gasteiger partial charge in [0.1, 0.15) is 0 Å². The van der Waals surface area contributed by atoms with E-state index in [1.54, 1.807) is 13.0 Å². The molecule has 2 unspecified atom stereocenters. The summed E-state index contributed by atoms with van der Waals surface area (Å²) < 4.78 is 0. The van der Waals surface area contributed by atoms with Gasteiger partial charge in [0.05, 0.1) is 0 Å². The van der Waals surface area contributed by atoms with Gasteiger partial charge in [-0.05, 0) is 116 Å². The first-order valence-corrected chi connectivity index (χ1v) is 13.4. The normalized spacial score (nSPS) is 51.3. The molecule has 5 aliphatic rings. The third-order valence-electron chi connectivity index (χ3n) is 12.9. The molecule has 0 bridgehead atoms. The van der Waals surface area contributed by atoms with Crippen molar-refractivity contribution in [2.45, 2.75) is 112 Å². The van der Waals surface area contributed by atoms with Crippen molar-refractivity contribution in [3.05, 3.63) is 12.2 Å². The first-order valence-electron chi connectivity index (χ1n) is 13.4. The van der Waals surface area contributed by atoms with Crippen molar-refractivity contribution >= 4 is 5.78 Å². The molecule has 0 radical (unpaired) electrons. The Kier molecular flexibility index (Phi) is 4.85. The molecule has 3 heteroatoms. The van der Waals surface area contributed by atoms with E-state index >= 15 is 0 Å². The van der Waals surface area contributed by atoms with Gasteiger partial charge in [0.2, 0.25) is 0 Å². The maximum atomic E-state index is 11.4. The molecule has 32 heavy (non-hydrogen) atoms. The molecule has 5 rings (SSSR count). The molecule has 0 aromatic rings. The summed E-state index contributed by atoms with van der Waals surface area (Å²) in [7, 11) is 0. The van der Waals surface area contributed by atoms with Crippen LogP contribution in [0.2, 0.25) is 0 Å². The lowest BCUT2D eigenvalue weighted by Gasteiger charge is -2.64. The van der Waals surface area contributed by atoms with Crippen LogP contribution in [0.5, 0.6) is 0 Å². The highest BCUT2D eigenvalue weighted by Gasteiger charge is 2.83. The van der Waals surface area contributed by atoms with E-state index in [0.717, 1.165) is 31.1 Å². The molecule has 2 N–H and O–H groups in total. The van der Waals surface area contributed by atoms with Crippen LogP contribution in [0.25, 0.3) is 0 Å². The molecule has 5 saturated carbocycles. The maximum Gasteiger partial charge on any atom is 0.167 e. The molecule has 2 spiro atoms. The van der Waals surface area contributed by atoms with E-state index in [1.165, 1.54) is 38.5 Å². The number of hydrogen-bond donors (Lipinski definition) is 2. The molecule has 5 aliphatic carbocycles. The van der Waals surface area contributed by atoms with Crippen molar-refractivity contribution in [3.8, 4) is 0 Å². The molecule has 0 saturated heterocycles. The van der Waals surface area contributed by atoms with Crippen LogP contribution in [0.4, 0.5) is 0 Å². The van der Waals surface area contributed by atoms with Crippen molar-refractivity contribution < 1.29 is 15.0 Å². The highest BCUT2D eigenvalue weighted by Crippen LogP contribution is 2.89. The van der Waals surface area contributed by atoms with Crippen molar-refractivity contribution in [3.63, 3.8) is 0 Å². The lowest BCUT2D eigenvalue weighted by Crippen LogP contribution is -2.61. The fraction of sp³-hybridized carbons (Fsp3) is 0.897. The molecule has 180 valence electrons. The number of carbonyl (C=O) groups excluding carboxylic acids is 1. The molecule has 5 fully saturated rings. The van der Waals surface area contributed by atoms with Crippen molar-refractivity contribution in [2.75, 3.05) is 0 Å². The summed E-state index contributed by atoms with van der Waals surface area (Å²) in [5.41, 5.74) is 1.15. The predicted octanol–water partition coefficient (Wildman–Crippen LogP) is 6.28. The van der Waals surface area contributed by atoms with Crippen molar-refractivity contribution in [1.29, 1.82) is 0 Å². The molecule has 3 nitrogen and oxygen atoms in total. The van der Waals surface area contributed by atoms with E-state index in [2.05, 4.69) is 40.7 Å². The fourth-order valence-corrected chi connectivity index (χ4v) is 10.9. The lowest BCUT2D eigenvalue weighted by molar-refractivity contribution is -0.292. The number of carbonyl (C=O) groups is 1. The Bertz CT molecular complexity index is 841. The van der Waals surface area contributed by atoms with Crippen LogP contribution in [-0.2, 0) is 4.79 Å². The zero-order valence-corrected chi connectivity index (χ0v) is 21.3. The van der Waals surface area contributed by atoms with Gasteiger partial charge in [-0.1, -0.05) is 40.7 Å². The first-order chi connectivity index (χ1) is 14.8. The van der Waals surface area contributed by atoms with E-state index < -0.39 is 11.2 Å². The zero-order valence-electron chi connectivity index (χ0n) is 21.3. The van der Waals surface area contributed by atoms with Gasteiger partial charge in [-0.2, -0.15) is 0 Å². The van der Waals surface area contributed by atoms with E-state index in [0.29, 0.717) is 39.9 Å². The molecule has 0 aromatic carbocycles. The summed E-state index contributed by atoms with van der Waals surface area (Å²) in [6, 6.07) is 0. The number of fused-ring (bicyclic) bond motifs is 2. The summed E-state index contributed by atoms with van der Waals surface area (Å²) in [4.78, 5) is 11.4. The molecule has 8 atom stereocenters. The van der Waals surface area contributed by atoms with Gasteiger partial charge in [-0.3, -0.25) is 4.79 Å². The average molecular weight is 443 g/mol. The van der Waals surface area contributed by atoms with Gasteiger partial charge < -0.3 is 10.2 Å². The second-order valence-electron chi connectivity index (χ2n) is 13.9. The molecule has 0 aromatic heterocycles. The summed E-state index contributed by atoms with van der Waals surface area (Å²) >= 11 is 0. The first kappa shape index (κ1) is 23.1. The minimum atomic E-state index is -1.52. The maximum absolute atomic E-state index is 11.4. The van der Waals surface area contributed by atoms with E-state index in [1.807, 2.05) is 0 Å². The SMILES string of the molecule is CC(=O)/C=C/C[C@@H](C)[C@H]1CC[C@@]2(C)[C@@H]3CC[C@H]4C(C)(C)C(O)(O)CCC45CC35CC[C@]12C. The van der Waals surface area contributed by atoms with Crippen LogP contribution >= 0.6 is 0 Å². The number of aliphatic hydroxyl groups is 2. The largest absolute Gasteiger partial charge is 0.365 e. The quantitative estimate of drug-likeness (QED) is 0.398. The number of rotatable bonds is 4. The third-order valence-corrected chi connectivity index (χ3v) is 12.9. The summed E-state index contributed by atoms with van der Waals surface area (Å²) in [6.45, 7) is 13.6. The van der Waals surface area contributed by atoms with Gasteiger partial charge in [0, 0.05) is 11.8 Å². The van der Waals surface area contributed by atoms with Gasteiger partial charge in [-0.25, -0.2) is 0 Å². The Morgan fingerprint density at radius 1 is 0.906 bits per heavy atom. The molecular formula is C29H46O3. The number of ketones is 1. The Labute approximate surface area is 195 Å². The Hall–Kier alpha value is -0.670. The Morgan fingerprint density at radius 2 is 1.53 bits per heavy atom. The van der Waals surface area contributed by atoms with Gasteiger partial charge in [0.25, 0.3) is 0 Å².